The quantitative estimate of drug-likeness (QED) is 0.684. The summed E-state index contributed by atoms with van der Waals surface area (Å²) in [6.07, 6.45) is 0. The molecular weight excluding hydrogens is 323 g/mol. The first-order valence-electron chi connectivity index (χ1n) is 6.56. The van der Waals surface area contributed by atoms with E-state index in [1.54, 1.807) is 36.4 Å². The zero-order valence-corrected chi connectivity index (χ0v) is 13.2. The molecular formula is C16H12Cl2N2O2. The van der Waals surface area contributed by atoms with E-state index < -0.39 is 0 Å². The molecule has 0 amide bonds. The largest absolute Gasteiger partial charge is 0.495 e. The van der Waals surface area contributed by atoms with Crippen LogP contribution in [0.2, 0.25) is 5.02 Å². The lowest BCUT2D eigenvalue weighted by Gasteiger charge is -2.15. The van der Waals surface area contributed by atoms with E-state index in [0.29, 0.717) is 33.2 Å². The van der Waals surface area contributed by atoms with E-state index in [1.165, 1.54) is 11.7 Å². The van der Waals surface area contributed by atoms with Crippen LogP contribution in [0.15, 0.2) is 47.3 Å². The smallest absolute Gasteiger partial charge is 0.266 e. The number of aromatic nitrogens is 2. The average Bonchev–Trinajstić information content (AvgIpc) is 2.54. The number of halogens is 2. The molecule has 0 unspecified atom stereocenters. The van der Waals surface area contributed by atoms with Gasteiger partial charge in [-0.1, -0.05) is 23.7 Å². The molecule has 0 radical (unpaired) electrons. The Kier molecular flexibility index (Phi) is 4.05. The number of ether oxygens (including phenoxy) is 1. The van der Waals surface area contributed by atoms with Crippen molar-refractivity contribution >= 4 is 34.1 Å². The first kappa shape index (κ1) is 14.9. The lowest BCUT2D eigenvalue weighted by atomic mass is 10.2. The lowest BCUT2D eigenvalue weighted by Crippen LogP contribution is -2.23. The maximum absolute atomic E-state index is 12.9. The molecule has 3 aromatic rings. The SMILES string of the molecule is COc1ccc(Cl)cc1-n1c(CCl)nc2ccccc2c1=O. The van der Waals surface area contributed by atoms with E-state index in [9.17, 15) is 4.79 Å². The third-order valence-corrected chi connectivity index (χ3v) is 3.82. The fraction of sp³-hybridized carbons (Fsp3) is 0.125. The van der Waals surface area contributed by atoms with Gasteiger partial charge in [0, 0.05) is 5.02 Å². The van der Waals surface area contributed by atoms with Crippen LogP contribution in [0.5, 0.6) is 5.75 Å². The minimum absolute atomic E-state index is 0.0930. The second-order valence-corrected chi connectivity index (χ2v) is 5.34. The van der Waals surface area contributed by atoms with Crippen molar-refractivity contribution in [3.05, 3.63) is 63.7 Å². The van der Waals surface area contributed by atoms with Crippen LogP contribution in [-0.4, -0.2) is 16.7 Å². The van der Waals surface area contributed by atoms with Crippen molar-refractivity contribution in [2.75, 3.05) is 7.11 Å². The molecule has 2 aromatic carbocycles. The number of fused-ring (bicyclic) bond motifs is 1. The van der Waals surface area contributed by atoms with Gasteiger partial charge in [-0.05, 0) is 30.3 Å². The van der Waals surface area contributed by atoms with E-state index >= 15 is 0 Å². The van der Waals surface area contributed by atoms with Gasteiger partial charge in [0.25, 0.3) is 5.56 Å². The second-order valence-electron chi connectivity index (χ2n) is 4.64. The summed E-state index contributed by atoms with van der Waals surface area (Å²) >= 11 is 12.1. The topological polar surface area (TPSA) is 44.1 Å². The molecule has 0 fully saturated rings. The molecule has 0 aliphatic rings. The molecule has 1 heterocycles. The van der Waals surface area contributed by atoms with E-state index in [2.05, 4.69) is 4.98 Å². The zero-order chi connectivity index (χ0) is 15.7. The molecule has 4 nitrogen and oxygen atoms in total. The Balaban J connectivity index is 2.42. The van der Waals surface area contributed by atoms with Crippen LogP contribution in [0, 0.1) is 0 Å². The van der Waals surface area contributed by atoms with Crippen molar-refractivity contribution in [3.8, 4) is 11.4 Å². The molecule has 0 saturated carbocycles. The molecule has 0 spiro atoms. The molecule has 112 valence electrons. The highest BCUT2D eigenvalue weighted by Gasteiger charge is 2.15. The van der Waals surface area contributed by atoms with Crippen LogP contribution in [-0.2, 0) is 5.88 Å². The number of benzene rings is 2. The Labute approximate surface area is 136 Å². The molecule has 0 N–H and O–H groups in total. The van der Waals surface area contributed by atoms with Gasteiger partial charge >= 0.3 is 0 Å². The Morgan fingerprint density at radius 3 is 2.73 bits per heavy atom. The van der Waals surface area contributed by atoms with Crippen LogP contribution in [0.3, 0.4) is 0 Å². The molecule has 22 heavy (non-hydrogen) atoms. The predicted octanol–water partition coefficient (Wildman–Crippen LogP) is 3.79. The summed E-state index contributed by atoms with van der Waals surface area (Å²) in [5.74, 6) is 1.05. The van der Waals surface area contributed by atoms with Gasteiger partial charge in [-0.3, -0.25) is 9.36 Å². The first-order valence-corrected chi connectivity index (χ1v) is 7.47. The van der Waals surface area contributed by atoms with Crippen LogP contribution in [0.25, 0.3) is 16.6 Å². The van der Waals surface area contributed by atoms with Crippen LogP contribution in [0.1, 0.15) is 5.82 Å². The van der Waals surface area contributed by atoms with Gasteiger partial charge < -0.3 is 4.74 Å². The highest BCUT2D eigenvalue weighted by molar-refractivity contribution is 6.30. The van der Waals surface area contributed by atoms with Crippen molar-refractivity contribution in [2.45, 2.75) is 5.88 Å². The number of nitrogens with zero attached hydrogens (tertiary/aromatic N) is 2. The second kappa shape index (κ2) is 5.99. The number of para-hydroxylation sites is 1. The normalized spacial score (nSPS) is 10.9. The Morgan fingerprint density at radius 2 is 2.00 bits per heavy atom. The zero-order valence-electron chi connectivity index (χ0n) is 11.7. The summed E-state index contributed by atoms with van der Waals surface area (Å²) < 4.78 is 6.78. The molecule has 0 aliphatic heterocycles. The van der Waals surface area contributed by atoms with E-state index in [1.807, 2.05) is 6.07 Å². The molecule has 1 aromatic heterocycles. The van der Waals surface area contributed by atoms with Gasteiger partial charge in [0.2, 0.25) is 0 Å². The van der Waals surface area contributed by atoms with Gasteiger partial charge in [0.1, 0.15) is 11.6 Å². The Morgan fingerprint density at radius 1 is 1.23 bits per heavy atom. The molecule has 0 bridgehead atoms. The minimum atomic E-state index is -0.207. The summed E-state index contributed by atoms with van der Waals surface area (Å²) in [6, 6.07) is 12.2. The predicted molar refractivity (Wildman–Crippen MR) is 88.5 cm³/mol. The van der Waals surface area contributed by atoms with E-state index in [0.717, 1.165) is 0 Å². The standard InChI is InChI=1S/C16H12Cl2N2O2/c1-22-14-7-6-10(18)8-13(14)20-15(9-17)19-12-5-3-2-4-11(12)16(20)21/h2-8H,9H2,1H3. The summed E-state index contributed by atoms with van der Waals surface area (Å²) in [5, 5.41) is 1.01. The van der Waals surface area contributed by atoms with Gasteiger partial charge in [0.15, 0.2) is 0 Å². The number of rotatable bonds is 3. The summed E-state index contributed by atoms with van der Waals surface area (Å²) in [4.78, 5) is 17.3. The van der Waals surface area contributed by atoms with Crippen molar-refractivity contribution in [1.29, 1.82) is 0 Å². The van der Waals surface area contributed by atoms with Crippen molar-refractivity contribution in [1.82, 2.24) is 9.55 Å². The third-order valence-electron chi connectivity index (χ3n) is 3.35. The molecule has 0 atom stereocenters. The summed E-state index contributed by atoms with van der Waals surface area (Å²) in [6.45, 7) is 0. The third kappa shape index (κ3) is 2.45. The van der Waals surface area contributed by atoms with E-state index in [4.69, 9.17) is 27.9 Å². The molecule has 0 aliphatic carbocycles. The number of hydrogen-bond donors (Lipinski definition) is 0. The number of methoxy groups -OCH3 is 1. The molecule has 6 heteroatoms. The maximum Gasteiger partial charge on any atom is 0.266 e. The van der Waals surface area contributed by atoms with Gasteiger partial charge in [-0.2, -0.15) is 0 Å². The number of hydrogen-bond acceptors (Lipinski definition) is 3. The fourth-order valence-corrected chi connectivity index (χ4v) is 2.70. The number of alkyl halides is 1. The highest BCUT2D eigenvalue weighted by Crippen LogP contribution is 2.27. The van der Waals surface area contributed by atoms with Crippen LogP contribution < -0.4 is 10.3 Å². The van der Waals surface area contributed by atoms with Crippen molar-refractivity contribution in [3.63, 3.8) is 0 Å². The minimum Gasteiger partial charge on any atom is -0.495 e. The van der Waals surface area contributed by atoms with Gasteiger partial charge in [0.05, 0.1) is 29.6 Å². The van der Waals surface area contributed by atoms with Crippen LogP contribution in [0.4, 0.5) is 0 Å². The van der Waals surface area contributed by atoms with Crippen molar-refractivity contribution < 1.29 is 4.74 Å². The fourth-order valence-electron chi connectivity index (χ4n) is 2.35. The van der Waals surface area contributed by atoms with Gasteiger partial charge in [-0.25, -0.2) is 4.98 Å². The molecule has 3 rings (SSSR count). The average molecular weight is 335 g/mol. The maximum atomic E-state index is 12.9. The Bertz CT molecular complexity index is 906. The highest BCUT2D eigenvalue weighted by atomic mass is 35.5. The monoisotopic (exact) mass is 334 g/mol. The Hall–Kier alpha value is -2.04. The lowest BCUT2D eigenvalue weighted by molar-refractivity contribution is 0.412. The van der Waals surface area contributed by atoms with Crippen LogP contribution >= 0.6 is 23.2 Å². The summed E-state index contributed by atoms with van der Waals surface area (Å²) in [7, 11) is 1.53. The van der Waals surface area contributed by atoms with E-state index in [-0.39, 0.29) is 11.4 Å². The van der Waals surface area contributed by atoms with Gasteiger partial charge in [-0.15, -0.1) is 11.6 Å². The first-order chi connectivity index (χ1) is 10.7. The molecule has 0 saturated heterocycles. The van der Waals surface area contributed by atoms with Crippen molar-refractivity contribution in [2.24, 2.45) is 0 Å². The summed E-state index contributed by atoms with van der Waals surface area (Å²) in [5.41, 5.74) is 0.927.